The number of anilines is 1. The van der Waals surface area contributed by atoms with Crippen molar-refractivity contribution in [3.05, 3.63) is 132 Å². The number of rotatable bonds is 4. The summed E-state index contributed by atoms with van der Waals surface area (Å²) < 4.78 is 0. The van der Waals surface area contributed by atoms with E-state index in [-0.39, 0.29) is 5.41 Å². The highest BCUT2D eigenvalue weighted by atomic mass is 14.7. The van der Waals surface area contributed by atoms with Crippen LogP contribution in [0.15, 0.2) is 120 Å². The average Bonchev–Trinajstić information content (AvgIpc) is 3.15. The van der Waals surface area contributed by atoms with E-state index in [0.29, 0.717) is 0 Å². The molecule has 0 spiro atoms. The summed E-state index contributed by atoms with van der Waals surface area (Å²) in [4.78, 5) is 4.71. The molecule has 5 aromatic rings. The molecule has 36 heavy (non-hydrogen) atoms. The topological polar surface area (TPSA) is 38.4 Å². The number of fused-ring (bicyclic) bond motifs is 3. The molecule has 0 saturated carbocycles. The van der Waals surface area contributed by atoms with Gasteiger partial charge in [-0.15, -0.1) is 0 Å². The zero-order valence-electron chi connectivity index (χ0n) is 20.6. The fraction of sp³-hybridized carbons (Fsp3) is 0.0882. The lowest BCUT2D eigenvalue weighted by Crippen LogP contribution is -2.14. The van der Waals surface area contributed by atoms with Gasteiger partial charge in [0.1, 0.15) is 0 Å². The first-order valence-corrected chi connectivity index (χ1v) is 12.4. The minimum Gasteiger partial charge on any atom is -0.398 e. The Balaban J connectivity index is 1.52. The van der Waals surface area contributed by atoms with Crippen molar-refractivity contribution >= 4 is 17.6 Å². The van der Waals surface area contributed by atoms with E-state index < -0.39 is 0 Å². The van der Waals surface area contributed by atoms with Crippen LogP contribution in [0.1, 0.15) is 30.5 Å². The minimum atomic E-state index is -0.00568. The number of para-hydroxylation sites is 1. The van der Waals surface area contributed by atoms with Crippen LogP contribution in [0, 0.1) is 0 Å². The fourth-order valence-corrected chi connectivity index (χ4v) is 5.36. The summed E-state index contributed by atoms with van der Waals surface area (Å²) in [5.41, 5.74) is 19.1. The van der Waals surface area contributed by atoms with Crippen molar-refractivity contribution in [1.29, 1.82) is 0 Å². The third kappa shape index (κ3) is 3.72. The SMILES string of the molecule is CC1(C)c2ccccc2-c2cc(-c3cc(/C=N/c4ccccc4)c(N)c(-c4ccccc4)c3)ccc21. The molecule has 0 bridgehead atoms. The van der Waals surface area contributed by atoms with E-state index >= 15 is 0 Å². The maximum absolute atomic E-state index is 6.72. The van der Waals surface area contributed by atoms with Crippen molar-refractivity contribution in [2.75, 3.05) is 5.73 Å². The van der Waals surface area contributed by atoms with Gasteiger partial charge in [-0.1, -0.05) is 98.8 Å². The second-order valence-electron chi connectivity index (χ2n) is 9.92. The Morgan fingerprint density at radius 3 is 2.00 bits per heavy atom. The van der Waals surface area contributed by atoms with Crippen molar-refractivity contribution in [1.82, 2.24) is 0 Å². The second kappa shape index (κ2) is 8.66. The number of hydrogen-bond donors (Lipinski definition) is 1. The van der Waals surface area contributed by atoms with Crippen LogP contribution in [0.25, 0.3) is 33.4 Å². The molecule has 2 nitrogen and oxygen atoms in total. The Morgan fingerprint density at radius 1 is 0.583 bits per heavy atom. The van der Waals surface area contributed by atoms with Crippen LogP contribution in [-0.4, -0.2) is 6.21 Å². The molecule has 0 atom stereocenters. The molecule has 1 aliphatic rings. The molecular weight excluding hydrogens is 436 g/mol. The van der Waals surface area contributed by atoms with Gasteiger partial charge in [-0.2, -0.15) is 0 Å². The second-order valence-corrected chi connectivity index (χ2v) is 9.92. The number of benzene rings is 5. The summed E-state index contributed by atoms with van der Waals surface area (Å²) in [5.74, 6) is 0. The van der Waals surface area contributed by atoms with E-state index in [1.54, 1.807) is 0 Å². The molecule has 2 heteroatoms. The highest BCUT2D eigenvalue weighted by Crippen LogP contribution is 2.49. The molecule has 2 N–H and O–H groups in total. The Hall–Kier alpha value is -4.43. The lowest BCUT2D eigenvalue weighted by Gasteiger charge is -2.21. The Labute approximate surface area is 212 Å². The number of nitrogens with zero attached hydrogens (tertiary/aromatic N) is 1. The number of hydrogen-bond acceptors (Lipinski definition) is 2. The molecule has 0 heterocycles. The van der Waals surface area contributed by atoms with E-state index in [1.807, 2.05) is 54.7 Å². The van der Waals surface area contributed by atoms with Gasteiger partial charge in [0.2, 0.25) is 0 Å². The van der Waals surface area contributed by atoms with E-state index in [9.17, 15) is 0 Å². The molecule has 0 amide bonds. The molecule has 174 valence electrons. The van der Waals surface area contributed by atoms with Gasteiger partial charge in [0.15, 0.2) is 0 Å². The summed E-state index contributed by atoms with van der Waals surface area (Å²) in [6.07, 6.45) is 1.88. The molecular formula is C34H28N2. The van der Waals surface area contributed by atoms with E-state index in [1.165, 1.54) is 27.8 Å². The van der Waals surface area contributed by atoms with Gasteiger partial charge in [-0.05, 0) is 69.3 Å². The van der Waals surface area contributed by atoms with E-state index in [2.05, 4.69) is 80.6 Å². The summed E-state index contributed by atoms with van der Waals surface area (Å²) in [6, 6.07) is 40.3. The maximum Gasteiger partial charge on any atom is 0.0629 e. The molecule has 0 saturated heterocycles. The van der Waals surface area contributed by atoms with Crippen LogP contribution in [-0.2, 0) is 5.41 Å². The molecule has 0 radical (unpaired) electrons. The molecule has 1 aliphatic carbocycles. The molecule has 0 unspecified atom stereocenters. The van der Waals surface area contributed by atoms with E-state index in [4.69, 9.17) is 10.7 Å². The van der Waals surface area contributed by atoms with E-state index in [0.717, 1.165) is 33.6 Å². The summed E-state index contributed by atoms with van der Waals surface area (Å²) in [5, 5.41) is 0. The maximum atomic E-state index is 6.72. The average molecular weight is 465 g/mol. The fourth-order valence-electron chi connectivity index (χ4n) is 5.36. The largest absolute Gasteiger partial charge is 0.398 e. The smallest absolute Gasteiger partial charge is 0.0629 e. The van der Waals surface area contributed by atoms with Crippen molar-refractivity contribution in [3.63, 3.8) is 0 Å². The first-order valence-electron chi connectivity index (χ1n) is 12.4. The molecule has 0 aliphatic heterocycles. The van der Waals surface area contributed by atoms with Gasteiger partial charge in [-0.3, -0.25) is 4.99 Å². The van der Waals surface area contributed by atoms with Gasteiger partial charge < -0.3 is 5.73 Å². The zero-order valence-corrected chi connectivity index (χ0v) is 20.6. The van der Waals surface area contributed by atoms with Crippen LogP contribution < -0.4 is 5.73 Å². The summed E-state index contributed by atoms with van der Waals surface area (Å²) >= 11 is 0. The normalized spacial score (nSPS) is 13.5. The standard InChI is InChI=1S/C34H28N2/c1-34(2)31-16-10-9-15-28(31)30-20-24(17-18-32(30)34)25-19-26(22-36-27-13-7-4-8-14-27)33(35)29(21-25)23-11-5-3-6-12-23/h3-22H,35H2,1-2H3/b36-22+. The highest BCUT2D eigenvalue weighted by molar-refractivity contribution is 5.98. The van der Waals surface area contributed by atoms with Crippen molar-refractivity contribution in [3.8, 4) is 33.4 Å². The monoisotopic (exact) mass is 464 g/mol. The quantitative estimate of drug-likeness (QED) is 0.210. The van der Waals surface area contributed by atoms with Crippen LogP contribution in [0.4, 0.5) is 11.4 Å². The zero-order chi connectivity index (χ0) is 24.7. The molecule has 0 aromatic heterocycles. The minimum absolute atomic E-state index is 0.00568. The van der Waals surface area contributed by atoms with Crippen LogP contribution in [0.2, 0.25) is 0 Å². The van der Waals surface area contributed by atoms with Crippen molar-refractivity contribution in [2.24, 2.45) is 4.99 Å². The molecule has 0 fully saturated rings. The number of nitrogen functional groups attached to an aromatic ring is 1. The van der Waals surface area contributed by atoms with Crippen molar-refractivity contribution in [2.45, 2.75) is 19.3 Å². The summed E-state index contributed by atoms with van der Waals surface area (Å²) in [7, 11) is 0. The van der Waals surface area contributed by atoms with Crippen LogP contribution in [0.3, 0.4) is 0 Å². The van der Waals surface area contributed by atoms with Crippen LogP contribution >= 0.6 is 0 Å². The third-order valence-corrected chi connectivity index (χ3v) is 7.32. The van der Waals surface area contributed by atoms with Crippen molar-refractivity contribution < 1.29 is 0 Å². The Kier molecular flexibility index (Phi) is 5.30. The summed E-state index contributed by atoms with van der Waals surface area (Å²) in [6.45, 7) is 4.62. The van der Waals surface area contributed by atoms with Crippen LogP contribution in [0.5, 0.6) is 0 Å². The Bertz CT molecular complexity index is 1600. The molecule has 6 rings (SSSR count). The lowest BCUT2D eigenvalue weighted by atomic mass is 9.82. The number of nitrogens with two attached hydrogens (primary N) is 1. The predicted molar refractivity (Wildman–Crippen MR) is 153 cm³/mol. The number of aliphatic imine (C=N–C) groups is 1. The molecule has 5 aromatic carbocycles. The third-order valence-electron chi connectivity index (χ3n) is 7.32. The van der Waals surface area contributed by atoms with Gasteiger partial charge in [0.05, 0.1) is 5.69 Å². The highest BCUT2D eigenvalue weighted by Gasteiger charge is 2.35. The van der Waals surface area contributed by atoms with Gasteiger partial charge >= 0.3 is 0 Å². The van der Waals surface area contributed by atoms with Gasteiger partial charge in [-0.25, -0.2) is 0 Å². The lowest BCUT2D eigenvalue weighted by molar-refractivity contribution is 0.660. The first kappa shape index (κ1) is 22.1. The first-order chi connectivity index (χ1) is 17.5. The predicted octanol–water partition coefficient (Wildman–Crippen LogP) is 8.66. The Morgan fingerprint density at radius 2 is 1.22 bits per heavy atom. The van der Waals surface area contributed by atoms with Gasteiger partial charge in [0, 0.05) is 28.4 Å². The van der Waals surface area contributed by atoms with Gasteiger partial charge in [0.25, 0.3) is 0 Å².